The molecule has 0 bridgehead atoms. The van der Waals surface area contributed by atoms with Gasteiger partial charge in [-0.2, -0.15) is 0 Å². The quantitative estimate of drug-likeness (QED) is 0.764. The second-order valence-electron chi connectivity index (χ2n) is 4.23. The molecule has 0 saturated heterocycles. The lowest BCUT2D eigenvalue weighted by molar-refractivity contribution is 0.190. The third kappa shape index (κ3) is 3.33. The fourth-order valence-electron chi connectivity index (χ4n) is 1.96. The maximum atomic E-state index is 8.97. The molecule has 2 rings (SSSR count). The molecule has 0 amide bonds. The van der Waals surface area contributed by atoms with Gasteiger partial charge in [-0.1, -0.05) is 30.3 Å². The zero-order valence-electron chi connectivity index (χ0n) is 9.10. The van der Waals surface area contributed by atoms with Crippen molar-refractivity contribution in [3.8, 4) is 0 Å². The van der Waals surface area contributed by atoms with Gasteiger partial charge in [0.2, 0.25) is 0 Å². The minimum Gasteiger partial charge on any atom is -0.395 e. The molecule has 1 N–H and O–H groups in total. The fourth-order valence-corrected chi connectivity index (χ4v) is 1.96. The lowest BCUT2D eigenvalue weighted by Crippen LogP contribution is -2.31. The van der Waals surface area contributed by atoms with E-state index in [1.807, 2.05) is 0 Å². The van der Waals surface area contributed by atoms with Crippen LogP contribution in [0.25, 0.3) is 0 Å². The second kappa shape index (κ2) is 5.29. The second-order valence-corrected chi connectivity index (χ2v) is 4.23. The lowest BCUT2D eigenvalue weighted by Gasteiger charge is -2.20. The molecule has 0 aliphatic heterocycles. The van der Waals surface area contributed by atoms with E-state index in [1.165, 1.54) is 18.4 Å². The Morgan fingerprint density at radius 3 is 2.47 bits per heavy atom. The summed E-state index contributed by atoms with van der Waals surface area (Å²) >= 11 is 0. The third-order valence-electron chi connectivity index (χ3n) is 2.98. The van der Waals surface area contributed by atoms with E-state index in [0.717, 1.165) is 25.6 Å². The topological polar surface area (TPSA) is 23.5 Å². The van der Waals surface area contributed by atoms with E-state index in [0.29, 0.717) is 0 Å². The van der Waals surface area contributed by atoms with Crippen LogP contribution in [-0.2, 0) is 6.42 Å². The molecule has 0 unspecified atom stereocenters. The van der Waals surface area contributed by atoms with Crippen molar-refractivity contribution in [1.82, 2.24) is 4.90 Å². The third-order valence-corrected chi connectivity index (χ3v) is 2.98. The van der Waals surface area contributed by atoms with Crippen LogP contribution in [0.3, 0.4) is 0 Å². The van der Waals surface area contributed by atoms with E-state index >= 15 is 0 Å². The van der Waals surface area contributed by atoms with Crippen LogP contribution in [-0.4, -0.2) is 35.7 Å². The average molecular weight is 205 g/mol. The monoisotopic (exact) mass is 205 g/mol. The molecule has 0 atom stereocenters. The lowest BCUT2D eigenvalue weighted by atomic mass is 10.1. The van der Waals surface area contributed by atoms with Gasteiger partial charge in [-0.3, -0.25) is 4.90 Å². The summed E-state index contributed by atoms with van der Waals surface area (Å²) in [7, 11) is 0. The maximum absolute atomic E-state index is 8.97. The first-order valence-corrected chi connectivity index (χ1v) is 5.79. The average Bonchev–Trinajstić information content (AvgIpc) is 3.09. The molecule has 1 aromatic carbocycles. The van der Waals surface area contributed by atoms with Crippen LogP contribution in [0.5, 0.6) is 0 Å². The van der Waals surface area contributed by atoms with Gasteiger partial charge in [-0.15, -0.1) is 0 Å². The van der Waals surface area contributed by atoms with Gasteiger partial charge in [0, 0.05) is 19.1 Å². The van der Waals surface area contributed by atoms with Gasteiger partial charge in [0.25, 0.3) is 0 Å². The van der Waals surface area contributed by atoms with E-state index in [-0.39, 0.29) is 6.61 Å². The molecule has 0 radical (unpaired) electrons. The molecule has 0 aromatic heterocycles. The maximum Gasteiger partial charge on any atom is 0.0558 e. The van der Waals surface area contributed by atoms with Crippen LogP contribution in [0.2, 0.25) is 0 Å². The Morgan fingerprint density at radius 2 is 1.87 bits per heavy atom. The number of hydrogen-bond donors (Lipinski definition) is 1. The number of aliphatic hydroxyl groups excluding tert-OH is 1. The first-order valence-electron chi connectivity index (χ1n) is 5.79. The largest absolute Gasteiger partial charge is 0.395 e. The molecule has 0 spiro atoms. The van der Waals surface area contributed by atoms with Crippen molar-refractivity contribution in [2.45, 2.75) is 25.3 Å². The summed E-state index contributed by atoms with van der Waals surface area (Å²) < 4.78 is 0. The first kappa shape index (κ1) is 10.7. The van der Waals surface area contributed by atoms with E-state index in [9.17, 15) is 0 Å². The van der Waals surface area contributed by atoms with Crippen LogP contribution in [0.4, 0.5) is 0 Å². The Labute approximate surface area is 91.5 Å². The van der Waals surface area contributed by atoms with Gasteiger partial charge in [0.1, 0.15) is 0 Å². The molecule has 1 aliphatic rings. The summed E-state index contributed by atoms with van der Waals surface area (Å²) in [5.74, 6) is 0. The fraction of sp³-hybridized carbons (Fsp3) is 0.538. The first-order chi connectivity index (χ1) is 7.40. The van der Waals surface area contributed by atoms with Gasteiger partial charge in [0.05, 0.1) is 6.61 Å². The molecule has 1 aliphatic carbocycles. The number of hydrogen-bond acceptors (Lipinski definition) is 2. The predicted octanol–water partition coefficient (Wildman–Crippen LogP) is 1.69. The molecule has 15 heavy (non-hydrogen) atoms. The predicted molar refractivity (Wildman–Crippen MR) is 61.8 cm³/mol. The summed E-state index contributed by atoms with van der Waals surface area (Å²) in [4.78, 5) is 2.41. The molecule has 1 saturated carbocycles. The minimum absolute atomic E-state index is 0.283. The highest BCUT2D eigenvalue weighted by Gasteiger charge is 2.27. The molecule has 2 heteroatoms. The number of benzene rings is 1. The van der Waals surface area contributed by atoms with E-state index in [4.69, 9.17) is 5.11 Å². The molecule has 2 nitrogen and oxygen atoms in total. The van der Waals surface area contributed by atoms with E-state index in [2.05, 4.69) is 35.2 Å². The minimum atomic E-state index is 0.283. The van der Waals surface area contributed by atoms with Crippen LogP contribution < -0.4 is 0 Å². The van der Waals surface area contributed by atoms with Gasteiger partial charge < -0.3 is 5.11 Å². The Bertz CT molecular complexity index is 282. The van der Waals surface area contributed by atoms with Gasteiger partial charge in [-0.25, -0.2) is 0 Å². The Balaban J connectivity index is 1.80. The van der Waals surface area contributed by atoms with Crippen LogP contribution in [0.15, 0.2) is 30.3 Å². The summed E-state index contributed by atoms with van der Waals surface area (Å²) in [5.41, 5.74) is 1.39. The summed E-state index contributed by atoms with van der Waals surface area (Å²) in [6.07, 6.45) is 3.72. The number of nitrogens with zero attached hydrogens (tertiary/aromatic N) is 1. The highest BCUT2D eigenvalue weighted by Crippen LogP contribution is 2.26. The molecule has 0 heterocycles. The standard InChI is InChI=1S/C13H19NO/c15-11-10-14(13-6-7-13)9-8-12-4-2-1-3-5-12/h1-5,13,15H,6-11H2. The SMILES string of the molecule is OCCN(CCc1ccccc1)C1CC1. The zero-order chi connectivity index (χ0) is 10.5. The Morgan fingerprint density at radius 1 is 1.13 bits per heavy atom. The summed E-state index contributed by atoms with van der Waals surface area (Å²) in [6.45, 7) is 2.19. The molecule has 1 aromatic rings. The molecule has 1 fully saturated rings. The van der Waals surface area contributed by atoms with Gasteiger partial charge in [-0.05, 0) is 24.8 Å². The van der Waals surface area contributed by atoms with Crippen LogP contribution >= 0.6 is 0 Å². The normalized spacial score (nSPS) is 15.9. The Hall–Kier alpha value is -0.860. The molecular formula is C13H19NO. The summed E-state index contributed by atoms with van der Waals surface area (Å²) in [5, 5.41) is 8.97. The van der Waals surface area contributed by atoms with Crippen molar-refractivity contribution in [2.24, 2.45) is 0 Å². The number of rotatable bonds is 6. The highest BCUT2D eigenvalue weighted by molar-refractivity contribution is 5.15. The van der Waals surface area contributed by atoms with Crippen molar-refractivity contribution in [2.75, 3.05) is 19.7 Å². The molecular weight excluding hydrogens is 186 g/mol. The van der Waals surface area contributed by atoms with Crippen LogP contribution in [0, 0.1) is 0 Å². The highest BCUT2D eigenvalue weighted by atomic mass is 16.3. The Kier molecular flexibility index (Phi) is 3.75. The van der Waals surface area contributed by atoms with E-state index < -0.39 is 0 Å². The van der Waals surface area contributed by atoms with Crippen molar-refractivity contribution < 1.29 is 5.11 Å². The number of aliphatic hydroxyl groups is 1. The molecule has 82 valence electrons. The van der Waals surface area contributed by atoms with Crippen molar-refractivity contribution in [3.63, 3.8) is 0 Å². The van der Waals surface area contributed by atoms with Crippen molar-refractivity contribution in [3.05, 3.63) is 35.9 Å². The van der Waals surface area contributed by atoms with Crippen molar-refractivity contribution in [1.29, 1.82) is 0 Å². The summed E-state index contributed by atoms with van der Waals surface area (Å²) in [6, 6.07) is 11.3. The van der Waals surface area contributed by atoms with Crippen LogP contribution in [0.1, 0.15) is 18.4 Å². The smallest absolute Gasteiger partial charge is 0.0558 e. The van der Waals surface area contributed by atoms with Gasteiger partial charge >= 0.3 is 0 Å². The van der Waals surface area contributed by atoms with Crippen molar-refractivity contribution >= 4 is 0 Å². The van der Waals surface area contributed by atoms with E-state index in [1.54, 1.807) is 0 Å². The van der Waals surface area contributed by atoms with Gasteiger partial charge in [0.15, 0.2) is 0 Å². The zero-order valence-corrected chi connectivity index (χ0v) is 9.10.